The smallest absolute Gasteiger partial charge is 0.254 e. The van der Waals surface area contributed by atoms with Crippen molar-refractivity contribution in [2.24, 2.45) is 0 Å². The van der Waals surface area contributed by atoms with E-state index in [2.05, 4.69) is 4.98 Å². The number of hydrogen-bond acceptors (Lipinski definition) is 3. The highest BCUT2D eigenvalue weighted by Gasteiger charge is 2.13. The molecule has 4 heteroatoms. The fourth-order valence-corrected chi connectivity index (χ4v) is 2.34. The monoisotopic (exact) mass is 294 g/mol. The first-order chi connectivity index (χ1) is 10.6. The van der Waals surface area contributed by atoms with Gasteiger partial charge in [0.1, 0.15) is 11.5 Å². The Morgan fingerprint density at radius 2 is 2.14 bits per heavy atom. The van der Waals surface area contributed by atoms with Gasteiger partial charge in [0, 0.05) is 17.3 Å². The van der Waals surface area contributed by atoms with Gasteiger partial charge in [0.05, 0.1) is 11.6 Å². The first-order valence-corrected chi connectivity index (χ1v) is 7.13. The van der Waals surface area contributed by atoms with Crippen LogP contribution in [0.3, 0.4) is 0 Å². The Morgan fingerprint density at radius 1 is 1.36 bits per heavy atom. The number of H-pyrrole nitrogens is 1. The second kappa shape index (κ2) is 6.77. The standard InChI is InChI=1S/C18H18N2O2/c1-4-16-13(3)20-18(21)12(2)17(16)22-15-9-5-7-14(11-15)8-6-10-19/h5-9,11H,4H2,1-3H3,(H,20,21)/b8-6+. The lowest BCUT2D eigenvalue weighted by Gasteiger charge is -2.15. The Hall–Kier alpha value is -2.80. The minimum Gasteiger partial charge on any atom is -0.457 e. The molecule has 0 unspecified atom stereocenters. The van der Waals surface area contributed by atoms with Gasteiger partial charge in [0.2, 0.25) is 0 Å². The number of aryl methyl sites for hydroxylation is 1. The summed E-state index contributed by atoms with van der Waals surface area (Å²) in [4.78, 5) is 14.8. The fourth-order valence-electron chi connectivity index (χ4n) is 2.34. The highest BCUT2D eigenvalue weighted by molar-refractivity contribution is 5.54. The summed E-state index contributed by atoms with van der Waals surface area (Å²) >= 11 is 0. The number of benzene rings is 1. The van der Waals surface area contributed by atoms with Gasteiger partial charge in [0.25, 0.3) is 5.56 Å². The number of hydrogen-bond donors (Lipinski definition) is 1. The summed E-state index contributed by atoms with van der Waals surface area (Å²) in [6.45, 7) is 5.66. The van der Waals surface area contributed by atoms with Gasteiger partial charge in [-0.15, -0.1) is 0 Å². The van der Waals surface area contributed by atoms with Gasteiger partial charge in [-0.1, -0.05) is 19.1 Å². The molecule has 1 N–H and O–H groups in total. The number of allylic oxidation sites excluding steroid dienone is 1. The van der Waals surface area contributed by atoms with Gasteiger partial charge in [-0.2, -0.15) is 5.26 Å². The van der Waals surface area contributed by atoms with E-state index < -0.39 is 0 Å². The van der Waals surface area contributed by atoms with Crippen LogP contribution in [0.25, 0.3) is 6.08 Å². The normalized spacial score (nSPS) is 10.6. The molecule has 2 aromatic rings. The van der Waals surface area contributed by atoms with Crippen molar-refractivity contribution >= 4 is 6.08 Å². The molecule has 4 nitrogen and oxygen atoms in total. The third kappa shape index (κ3) is 3.26. The van der Waals surface area contributed by atoms with E-state index in [1.165, 1.54) is 6.08 Å². The van der Waals surface area contributed by atoms with E-state index in [4.69, 9.17) is 10.00 Å². The van der Waals surface area contributed by atoms with Crippen molar-refractivity contribution in [3.63, 3.8) is 0 Å². The van der Waals surface area contributed by atoms with Crippen molar-refractivity contribution in [3.05, 3.63) is 63.1 Å². The third-order valence-electron chi connectivity index (χ3n) is 3.49. The Bertz CT molecular complexity index is 811. The largest absolute Gasteiger partial charge is 0.457 e. The van der Waals surface area contributed by atoms with Gasteiger partial charge in [-0.05, 0) is 44.0 Å². The molecule has 0 spiro atoms. The number of nitrogens with zero attached hydrogens (tertiary/aromatic N) is 1. The van der Waals surface area contributed by atoms with Gasteiger partial charge in [0.15, 0.2) is 0 Å². The number of aromatic amines is 1. The van der Waals surface area contributed by atoms with Crippen molar-refractivity contribution < 1.29 is 4.74 Å². The summed E-state index contributed by atoms with van der Waals surface area (Å²) in [5.41, 5.74) is 3.13. The molecule has 0 atom stereocenters. The van der Waals surface area contributed by atoms with Crippen LogP contribution in [0.15, 0.2) is 35.1 Å². The Kier molecular flexibility index (Phi) is 4.80. The van der Waals surface area contributed by atoms with Crippen molar-refractivity contribution in [1.82, 2.24) is 4.98 Å². The van der Waals surface area contributed by atoms with Crippen LogP contribution in [0.1, 0.15) is 29.3 Å². The second-order valence-electron chi connectivity index (χ2n) is 5.00. The molecule has 0 amide bonds. The number of nitriles is 1. The maximum Gasteiger partial charge on any atom is 0.254 e. The van der Waals surface area contributed by atoms with Gasteiger partial charge in [-0.25, -0.2) is 0 Å². The van der Waals surface area contributed by atoms with E-state index in [-0.39, 0.29) is 5.56 Å². The van der Waals surface area contributed by atoms with Gasteiger partial charge in [-0.3, -0.25) is 4.79 Å². The van der Waals surface area contributed by atoms with Crippen LogP contribution >= 0.6 is 0 Å². The minimum absolute atomic E-state index is 0.134. The maximum atomic E-state index is 11.9. The summed E-state index contributed by atoms with van der Waals surface area (Å²) in [5.74, 6) is 1.26. The molecule has 0 aliphatic rings. The quantitative estimate of drug-likeness (QED) is 0.870. The molecule has 0 bridgehead atoms. The van der Waals surface area contributed by atoms with Crippen molar-refractivity contribution in [1.29, 1.82) is 5.26 Å². The van der Waals surface area contributed by atoms with E-state index in [9.17, 15) is 4.79 Å². The van der Waals surface area contributed by atoms with E-state index in [1.54, 1.807) is 13.0 Å². The molecule has 22 heavy (non-hydrogen) atoms. The summed E-state index contributed by atoms with van der Waals surface area (Å²) in [7, 11) is 0. The molecule has 0 aliphatic carbocycles. The maximum absolute atomic E-state index is 11.9. The van der Waals surface area contributed by atoms with Crippen molar-refractivity contribution in [2.75, 3.05) is 0 Å². The predicted octanol–water partition coefficient (Wildman–Crippen LogP) is 3.88. The predicted molar refractivity (Wildman–Crippen MR) is 87.1 cm³/mol. The Labute approximate surface area is 129 Å². The molecule has 1 heterocycles. The molecular weight excluding hydrogens is 276 g/mol. The fraction of sp³-hybridized carbons (Fsp3) is 0.222. The topological polar surface area (TPSA) is 65.9 Å². The molecule has 0 saturated heterocycles. The average Bonchev–Trinajstić information content (AvgIpc) is 2.51. The molecular formula is C18H18N2O2. The molecule has 112 valence electrons. The van der Waals surface area contributed by atoms with Gasteiger partial charge < -0.3 is 9.72 Å². The lowest BCUT2D eigenvalue weighted by Crippen LogP contribution is -2.15. The number of rotatable bonds is 4. The van der Waals surface area contributed by atoms with E-state index in [1.807, 2.05) is 44.2 Å². The summed E-state index contributed by atoms with van der Waals surface area (Å²) in [6.07, 6.45) is 3.90. The highest BCUT2D eigenvalue weighted by atomic mass is 16.5. The summed E-state index contributed by atoms with van der Waals surface area (Å²) in [6, 6.07) is 9.37. The van der Waals surface area contributed by atoms with Crippen LogP contribution in [0.2, 0.25) is 0 Å². The first kappa shape index (κ1) is 15.6. The van der Waals surface area contributed by atoms with Crippen molar-refractivity contribution in [3.8, 4) is 17.6 Å². The molecule has 2 rings (SSSR count). The van der Waals surface area contributed by atoms with Crippen LogP contribution in [0.5, 0.6) is 11.5 Å². The highest BCUT2D eigenvalue weighted by Crippen LogP contribution is 2.29. The molecule has 0 radical (unpaired) electrons. The summed E-state index contributed by atoms with van der Waals surface area (Å²) < 4.78 is 5.98. The Balaban J connectivity index is 2.45. The Morgan fingerprint density at radius 3 is 2.82 bits per heavy atom. The van der Waals surface area contributed by atoms with Crippen LogP contribution in [-0.2, 0) is 6.42 Å². The number of ether oxygens (including phenoxy) is 1. The van der Waals surface area contributed by atoms with E-state index in [0.717, 1.165) is 23.2 Å². The van der Waals surface area contributed by atoms with Crippen LogP contribution in [0.4, 0.5) is 0 Å². The number of aromatic nitrogens is 1. The third-order valence-corrected chi connectivity index (χ3v) is 3.49. The zero-order valence-electron chi connectivity index (χ0n) is 12.9. The zero-order valence-corrected chi connectivity index (χ0v) is 12.9. The lowest BCUT2D eigenvalue weighted by molar-refractivity contribution is 0.470. The SMILES string of the molecule is CCc1c(C)[nH]c(=O)c(C)c1Oc1cccc(/C=C/C#N)c1. The molecule has 0 fully saturated rings. The first-order valence-electron chi connectivity index (χ1n) is 7.13. The minimum atomic E-state index is -0.134. The molecule has 1 aromatic carbocycles. The molecule has 0 aliphatic heterocycles. The lowest BCUT2D eigenvalue weighted by atomic mass is 10.1. The van der Waals surface area contributed by atoms with Crippen LogP contribution in [0, 0.1) is 25.2 Å². The molecule has 0 saturated carbocycles. The van der Waals surface area contributed by atoms with E-state index in [0.29, 0.717) is 17.1 Å². The van der Waals surface area contributed by atoms with E-state index >= 15 is 0 Å². The van der Waals surface area contributed by atoms with Crippen LogP contribution < -0.4 is 10.3 Å². The number of pyridine rings is 1. The van der Waals surface area contributed by atoms with Crippen LogP contribution in [-0.4, -0.2) is 4.98 Å². The molecule has 1 aromatic heterocycles. The summed E-state index contributed by atoms with van der Waals surface area (Å²) in [5, 5.41) is 8.59. The van der Waals surface area contributed by atoms with Crippen molar-refractivity contribution in [2.45, 2.75) is 27.2 Å². The van der Waals surface area contributed by atoms with Gasteiger partial charge >= 0.3 is 0 Å². The average molecular weight is 294 g/mol. The zero-order chi connectivity index (χ0) is 16.1. The second-order valence-corrected chi connectivity index (χ2v) is 5.00. The number of nitrogens with one attached hydrogen (secondary N) is 1.